The van der Waals surface area contributed by atoms with Gasteiger partial charge in [0.2, 0.25) is 0 Å². The molecule has 0 aromatic heterocycles. The van der Waals surface area contributed by atoms with Gasteiger partial charge in [0.25, 0.3) is 0 Å². The van der Waals surface area contributed by atoms with Crippen molar-refractivity contribution in [2.45, 2.75) is 38.6 Å². The molecule has 1 N–H and O–H groups in total. The van der Waals surface area contributed by atoms with Crippen molar-refractivity contribution < 1.29 is 0 Å². The Bertz CT molecular complexity index is 103. The monoisotopic (exact) mass is 159 g/mol. The van der Waals surface area contributed by atoms with Crippen LogP contribution in [-0.2, 0) is 0 Å². The lowest BCUT2D eigenvalue weighted by Crippen LogP contribution is -2.27. The maximum atomic E-state index is 3.55. The normalized spacial score (nSPS) is 33.6. The zero-order valence-corrected chi connectivity index (χ0v) is 7.87. The first-order valence-electron chi connectivity index (χ1n) is 4.06. The molecule has 2 heteroatoms. The van der Waals surface area contributed by atoms with Crippen LogP contribution in [0.3, 0.4) is 0 Å². The zero-order valence-electron chi connectivity index (χ0n) is 7.05. The molecule has 0 amide bonds. The third-order valence-electron chi connectivity index (χ3n) is 1.70. The van der Waals surface area contributed by atoms with Gasteiger partial charge in [-0.15, -0.1) is 11.8 Å². The molecule has 0 aromatic rings. The molecule has 0 aromatic carbocycles. The van der Waals surface area contributed by atoms with E-state index in [1.165, 1.54) is 12.2 Å². The third kappa shape index (κ3) is 2.51. The van der Waals surface area contributed by atoms with Gasteiger partial charge in [-0.25, -0.2) is 0 Å². The molecule has 0 spiro atoms. The summed E-state index contributed by atoms with van der Waals surface area (Å²) in [4.78, 5) is 0. The lowest BCUT2D eigenvalue weighted by Gasteiger charge is -2.12. The molecule has 0 saturated carbocycles. The van der Waals surface area contributed by atoms with Gasteiger partial charge in [0, 0.05) is 11.8 Å². The van der Waals surface area contributed by atoms with Crippen LogP contribution in [0.1, 0.15) is 27.2 Å². The van der Waals surface area contributed by atoms with Gasteiger partial charge in [-0.1, -0.05) is 13.8 Å². The number of hydrogen-bond acceptors (Lipinski definition) is 2. The molecule has 1 aliphatic rings. The van der Waals surface area contributed by atoms with Crippen molar-refractivity contribution >= 4 is 11.8 Å². The maximum absolute atomic E-state index is 3.55. The van der Waals surface area contributed by atoms with Gasteiger partial charge in [-0.05, 0) is 19.3 Å². The quantitative estimate of drug-likeness (QED) is 0.662. The standard InChI is InChI=1S/C8H17NS/c1-6(2)4-8-9-7(3)5-10-8/h6-9H,4-5H2,1-3H3. The Balaban J connectivity index is 2.18. The predicted molar refractivity (Wildman–Crippen MR) is 48.3 cm³/mol. The van der Waals surface area contributed by atoms with E-state index in [0.29, 0.717) is 0 Å². The molecule has 60 valence electrons. The first-order valence-corrected chi connectivity index (χ1v) is 5.11. The third-order valence-corrected chi connectivity index (χ3v) is 3.13. The van der Waals surface area contributed by atoms with Crippen LogP contribution in [0, 0.1) is 5.92 Å². The summed E-state index contributed by atoms with van der Waals surface area (Å²) in [7, 11) is 0. The SMILES string of the molecule is CC(C)CC1NC(C)CS1. The summed E-state index contributed by atoms with van der Waals surface area (Å²) in [5.41, 5.74) is 0. The summed E-state index contributed by atoms with van der Waals surface area (Å²) in [6.07, 6.45) is 1.31. The van der Waals surface area contributed by atoms with Gasteiger partial charge in [0.1, 0.15) is 0 Å². The van der Waals surface area contributed by atoms with Gasteiger partial charge in [0.15, 0.2) is 0 Å². The Morgan fingerprint density at radius 1 is 1.60 bits per heavy atom. The van der Waals surface area contributed by atoms with E-state index in [-0.39, 0.29) is 0 Å². The van der Waals surface area contributed by atoms with E-state index < -0.39 is 0 Å². The average molecular weight is 159 g/mol. The first kappa shape index (κ1) is 8.41. The fraction of sp³-hybridized carbons (Fsp3) is 1.00. The van der Waals surface area contributed by atoms with E-state index >= 15 is 0 Å². The Labute approximate surface area is 68.0 Å². The minimum Gasteiger partial charge on any atom is -0.302 e. The fourth-order valence-corrected chi connectivity index (χ4v) is 2.71. The van der Waals surface area contributed by atoms with Gasteiger partial charge in [-0.3, -0.25) is 0 Å². The summed E-state index contributed by atoms with van der Waals surface area (Å²) >= 11 is 2.07. The Kier molecular flexibility index (Phi) is 3.05. The molecule has 2 unspecified atom stereocenters. The number of nitrogens with one attached hydrogen (secondary N) is 1. The van der Waals surface area contributed by atoms with Crippen molar-refractivity contribution in [2.24, 2.45) is 5.92 Å². The Morgan fingerprint density at radius 3 is 2.70 bits per heavy atom. The molecular formula is C8H17NS. The highest BCUT2D eigenvalue weighted by Gasteiger charge is 2.20. The molecule has 0 bridgehead atoms. The van der Waals surface area contributed by atoms with E-state index in [1.54, 1.807) is 0 Å². The van der Waals surface area contributed by atoms with Crippen LogP contribution < -0.4 is 5.32 Å². The van der Waals surface area contributed by atoms with Crippen molar-refractivity contribution in [3.8, 4) is 0 Å². The van der Waals surface area contributed by atoms with Crippen molar-refractivity contribution in [1.82, 2.24) is 5.32 Å². The van der Waals surface area contributed by atoms with Crippen LogP contribution in [0.15, 0.2) is 0 Å². The summed E-state index contributed by atoms with van der Waals surface area (Å²) < 4.78 is 0. The minimum absolute atomic E-state index is 0.730. The van der Waals surface area contributed by atoms with E-state index in [0.717, 1.165) is 17.3 Å². The molecule has 0 radical (unpaired) electrons. The van der Waals surface area contributed by atoms with Crippen LogP contribution in [0.25, 0.3) is 0 Å². The summed E-state index contributed by atoms with van der Waals surface area (Å²) in [5, 5.41) is 4.28. The topological polar surface area (TPSA) is 12.0 Å². The van der Waals surface area contributed by atoms with Crippen molar-refractivity contribution in [3.63, 3.8) is 0 Å². The average Bonchev–Trinajstić information content (AvgIpc) is 2.13. The maximum Gasteiger partial charge on any atom is 0.0537 e. The Morgan fingerprint density at radius 2 is 2.30 bits per heavy atom. The molecule has 1 saturated heterocycles. The van der Waals surface area contributed by atoms with Crippen molar-refractivity contribution in [2.75, 3.05) is 5.75 Å². The highest BCUT2D eigenvalue weighted by Crippen LogP contribution is 2.23. The zero-order chi connectivity index (χ0) is 7.56. The van der Waals surface area contributed by atoms with E-state index in [9.17, 15) is 0 Å². The lowest BCUT2D eigenvalue weighted by atomic mass is 10.1. The molecule has 0 aliphatic carbocycles. The Hall–Kier alpha value is 0.310. The summed E-state index contributed by atoms with van der Waals surface area (Å²) in [5.74, 6) is 2.12. The molecule has 1 heterocycles. The largest absolute Gasteiger partial charge is 0.302 e. The van der Waals surface area contributed by atoms with Crippen LogP contribution in [0.2, 0.25) is 0 Å². The smallest absolute Gasteiger partial charge is 0.0537 e. The highest BCUT2D eigenvalue weighted by atomic mass is 32.2. The molecule has 2 atom stereocenters. The van der Waals surface area contributed by atoms with E-state index in [1.807, 2.05) is 0 Å². The second kappa shape index (κ2) is 3.63. The van der Waals surface area contributed by atoms with Crippen LogP contribution >= 0.6 is 11.8 Å². The van der Waals surface area contributed by atoms with Crippen LogP contribution in [-0.4, -0.2) is 17.2 Å². The summed E-state index contributed by atoms with van der Waals surface area (Å²) in [6.45, 7) is 6.82. The van der Waals surface area contributed by atoms with Crippen LogP contribution in [0.5, 0.6) is 0 Å². The molecule has 1 nitrogen and oxygen atoms in total. The van der Waals surface area contributed by atoms with Crippen molar-refractivity contribution in [3.05, 3.63) is 0 Å². The molecular weight excluding hydrogens is 142 g/mol. The second-order valence-corrected chi connectivity index (χ2v) is 4.75. The van der Waals surface area contributed by atoms with Crippen molar-refractivity contribution in [1.29, 1.82) is 0 Å². The predicted octanol–water partition coefficient (Wildman–Crippen LogP) is 2.08. The molecule has 10 heavy (non-hydrogen) atoms. The highest BCUT2D eigenvalue weighted by molar-refractivity contribution is 8.00. The van der Waals surface area contributed by atoms with Gasteiger partial charge >= 0.3 is 0 Å². The molecule has 1 aliphatic heterocycles. The number of thioether (sulfide) groups is 1. The van der Waals surface area contributed by atoms with Gasteiger partial charge < -0.3 is 5.32 Å². The number of rotatable bonds is 2. The van der Waals surface area contributed by atoms with Gasteiger partial charge in [-0.2, -0.15) is 0 Å². The molecule has 1 rings (SSSR count). The number of hydrogen-bond donors (Lipinski definition) is 1. The minimum atomic E-state index is 0.730. The van der Waals surface area contributed by atoms with E-state index in [4.69, 9.17) is 0 Å². The van der Waals surface area contributed by atoms with E-state index in [2.05, 4.69) is 37.8 Å². The lowest BCUT2D eigenvalue weighted by molar-refractivity contribution is 0.499. The first-order chi connectivity index (χ1) is 4.68. The second-order valence-electron chi connectivity index (χ2n) is 3.52. The fourth-order valence-electron chi connectivity index (χ4n) is 1.24. The molecule has 1 fully saturated rings. The van der Waals surface area contributed by atoms with Gasteiger partial charge in [0.05, 0.1) is 5.37 Å². The summed E-state index contributed by atoms with van der Waals surface area (Å²) in [6, 6.07) is 0.730. The van der Waals surface area contributed by atoms with Crippen LogP contribution in [0.4, 0.5) is 0 Å².